The number of rotatable bonds is 5. The molecule has 1 aromatic heterocycles. The Morgan fingerprint density at radius 2 is 2.00 bits per heavy atom. The van der Waals surface area contributed by atoms with Gasteiger partial charge in [-0.05, 0) is 25.2 Å². The highest BCUT2D eigenvalue weighted by Crippen LogP contribution is 2.37. The Hall–Kier alpha value is -2.23. The molecule has 1 fully saturated rings. The first kappa shape index (κ1) is 17.2. The van der Waals surface area contributed by atoms with Gasteiger partial charge in [-0.3, -0.25) is 4.79 Å². The lowest BCUT2D eigenvalue weighted by atomic mass is 10.2. The molecule has 0 spiro atoms. The summed E-state index contributed by atoms with van der Waals surface area (Å²) in [4.78, 5) is 16.8. The lowest BCUT2D eigenvalue weighted by Gasteiger charge is -2.32. The van der Waals surface area contributed by atoms with E-state index in [0.717, 1.165) is 49.0 Å². The number of hydrogen-bond donors (Lipinski definition) is 1. The average Bonchev–Trinajstić information content (AvgIpc) is 3.29. The van der Waals surface area contributed by atoms with Crippen LogP contribution in [0.15, 0.2) is 18.2 Å². The lowest BCUT2D eigenvalue weighted by Crippen LogP contribution is -2.45. The fourth-order valence-corrected chi connectivity index (χ4v) is 3.69. The standard InChI is InChI=1S/C17H21N5O3S/c1-21-6-8-22(9-7-21)5-4-15(23)18-17-20-19-16(26-17)12-2-3-13-14(10-12)25-11-24-13/h2-3,10H,4-9,11H2,1H3,(H,18,20,23). The zero-order valence-electron chi connectivity index (χ0n) is 14.6. The third kappa shape index (κ3) is 3.95. The van der Waals surface area contributed by atoms with Gasteiger partial charge in [0.05, 0.1) is 0 Å². The van der Waals surface area contributed by atoms with Gasteiger partial charge in [-0.15, -0.1) is 10.2 Å². The number of hydrogen-bond acceptors (Lipinski definition) is 8. The Morgan fingerprint density at radius 1 is 1.19 bits per heavy atom. The van der Waals surface area contributed by atoms with E-state index in [1.165, 1.54) is 11.3 Å². The first-order valence-electron chi connectivity index (χ1n) is 8.62. The van der Waals surface area contributed by atoms with Crippen molar-refractivity contribution in [2.45, 2.75) is 6.42 Å². The van der Waals surface area contributed by atoms with E-state index in [1.807, 2.05) is 18.2 Å². The lowest BCUT2D eigenvalue weighted by molar-refractivity contribution is -0.116. The molecule has 138 valence electrons. The molecule has 1 amide bonds. The van der Waals surface area contributed by atoms with Gasteiger partial charge in [0.15, 0.2) is 11.5 Å². The molecule has 0 saturated carbocycles. The van der Waals surface area contributed by atoms with Gasteiger partial charge in [0, 0.05) is 44.7 Å². The third-order valence-electron chi connectivity index (χ3n) is 4.54. The van der Waals surface area contributed by atoms with E-state index in [9.17, 15) is 4.79 Å². The summed E-state index contributed by atoms with van der Waals surface area (Å²) in [6, 6.07) is 5.64. The quantitative estimate of drug-likeness (QED) is 0.848. The minimum atomic E-state index is -0.0303. The van der Waals surface area contributed by atoms with Gasteiger partial charge in [-0.2, -0.15) is 0 Å². The van der Waals surface area contributed by atoms with Gasteiger partial charge in [0.2, 0.25) is 17.8 Å². The number of aromatic nitrogens is 2. The molecule has 3 heterocycles. The largest absolute Gasteiger partial charge is 0.454 e. The summed E-state index contributed by atoms with van der Waals surface area (Å²) in [5.74, 6) is 1.41. The Kier molecular flexibility index (Phi) is 5.00. The maximum Gasteiger partial charge on any atom is 0.231 e. The number of carbonyl (C=O) groups excluding carboxylic acids is 1. The summed E-state index contributed by atoms with van der Waals surface area (Å²) >= 11 is 1.35. The second kappa shape index (κ2) is 7.56. The van der Waals surface area contributed by atoms with Crippen molar-refractivity contribution in [2.75, 3.05) is 51.9 Å². The molecule has 2 aliphatic rings. The molecule has 1 N–H and O–H groups in total. The van der Waals surface area contributed by atoms with Crippen LogP contribution in [0.1, 0.15) is 6.42 Å². The van der Waals surface area contributed by atoms with Crippen molar-refractivity contribution in [3.63, 3.8) is 0 Å². The Morgan fingerprint density at radius 3 is 2.85 bits per heavy atom. The van der Waals surface area contributed by atoms with Crippen LogP contribution in [-0.2, 0) is 4.79 Å². The van der Waals surface area contributed by atoms with Crippen LogP contribution in [0, 0.1) is 0 Å². The molecule has 0 unspecified atom stereocenters. The first-order valence-corrected chi connectivity index (χ1v) is 9.43. The summed E-state index contributed by atoms with van der Waals surface area (Å²) in [7, 11) is 2.12. The highest BCUT2D eigenvalue weighted by Gasteiger charge is 2.17. The van der Waals surface area contributed by atoms with Gasteiger partial charge < -0.3 is 24.6 Å². The second-order valence-corrected chi connectivity index (χ2v) is 7.40. The number of benzene rings is 1. The molecule has 1 saturated heterocycles. The number of likely N-dealkylation sites (N-methyl/N-ethyl adjacent to an activating group) is 1. The predicted octanol–water partition coefficient (Wildman–Crippen LogP) is 1.51. The SMILES string of the molecule is CN1CCN(CCC(=O)Nc2nnc(-c3ccc4c(c3)OCO4)s2)CC1. The molecule has 0 atom stereocenters. The van der Waals surface area contributed by atoms with Crippen LogP contribution in [0.3, 0.4) is 0 Å². The van der Waals surface area contributed by atoms with Gasteiger partial charge >= 0.3 is 0 Å². The van der Waals surface area contributed by atoms with Gasteiger partial charge in [-0.25, -0.2) is 0 Å². The number of nitrogens with one attached hydrogen (secondary N) is 1. The maximum absolute atomic E-state index is 12.2. The van der Waals surface area contributed by atoms with Crippen molar-refractivity contribution in [1.29, 1.82) is 0 Å². The van der Waals surface area contributed by atoms with Gasteiger partial charge in [-0.1, -0.05) is 11.3 Å². The van der Waals surface area contributed by atoms with Crippen LogP contribution in [-0.4, -0.2) is 72.5 Å². The summed E-state index contributed by atoms with van der Waals surface area (Å²) in [5, 5.41) is 12.3. The number of amides is 1. The van der Waals surface area contributed by atoms with Crippen molar-refractivity contribution < 1.29 is 14.3 Å². The molecule has 1 aromatic carbocycles. The highest BCUT2D eigenvalue weighted by atomic mass is 32.1. The Bertz CT molecular complexity index is 788. The highest BCUT2D eigenvalue weighted by molar-refractivity contribution is 7.18. The van der Waals surface area contributed by atoms with Crippen molar-refractivity contribution in [3.05, 3.63) is 18.2 Å². The van der Waals surface area contributed by atoms with E-state index in [2.05, 4.69) is 32.4 Å². The first-order chi connectivity index (χ1) is 12.7. The van der Waals surface area contributed by atoms with E-state index in [0.29, 0.717) is 17.3 Å². The van der Waals surface area contributed by atoms with Crippen LogP contribution >= 0.6 is 11.3 Å². The van der Waals surface area contributed by atoms with Crippen LogP contribution < -0.4 is 14.8 Å². The van der Waals surface area contributed by atoms with Gasteiger partial charge in [0.25, 0.3) is 0 Å². The van der Waals surface area contributed by atoms with Crippen molar-refractivity contribution >= 4 is 22.4 Å². The molecule has 2 aromatic rings. The van der Waals surface area contributed by atoms with Crippen LogP contribution in [0.2, 0.25) is 0 Å². The molecular formula is C17H21N5O3S. The molecular weight excluding hydrogens is 354 g/mol. The normalized spacial score (nSPS) is 17.4. The van der Waals surface area contributed by atoms with Gasteiger partial charge in [0.1, 0.15) is 5.01 Å². The van der Waals surface area contributed by atoms with Crippen LogP contribution in [0.25, 0.3) is 10.6 Å². The minimum absolute atomic E-state index is 0.0303. The molecule has 0 bridgehead atoms. The number of ether oxygens (including phenoxy) is 2. The fourth-order valence-electron chi connectivity index (χ4n) is 2.93. The molecule has 0 radical (unpaired) electrons. The van der Waals surface area contributed by atoms with Crippen LogP contribution in [0.5, 0.6) is 11.5 Å². The van der Waals surface area contributed by atoms with Crippen molar-refractivity contribution in [1.82, 2.24) is 20.0 Å². The molecule has 26 heavy (non-hydrogen) atoms. The molecule has 4 rings (SSSR count). The Labute approximate surface area is 155 Å². The summed E-state index contributed by atoms with van der Waals surface area (Å²) < 4.78 is 10.7. The van der Waals surface area contributed by atoms with E-state index in [4.69, 9.17) is 9.47 Å². The summed E-state index contributed by atoms with van der Waals surface area (Å²) in [6.07, 6.45) is 0.461. The molecule has 0 aliphatic carbocycles. The van der Waals surface area contributed by atoms with E-state index < -0.39 is 0 Å². The molecule has 8 nitrogen and oxygen atoms in total. The summed E-state index contributed by atoms with van der Waals surface area (Å²) in [5.41, 5.74) is 0.893. The number of anilines is 1. The third-order valence-corrected chi connectivity index (χ3v) is 5.43. The minimum Gasteiger partial charge on any atom is -0.454 e. The average molecular weight is 375 g/mol. The van der Waals surface area contributed by atoms with E-state index >= 15 is 0 Å². The number of piperazine rings is 1. The molecule has 9 heteroatoms. The zero-order valence-corrected chi connectivity index (χ0v) is 15.4. The second-order valence-electron chi connectivity index (χ2n) is 6.42. The predicted molar refractivity (Wildman–Crippen MR) is 98.7 cm³/mol. The maximum atomic E-state index is 12.2. The van der Waals surface area contributed by atoms with Crippen molar-refractivity contribution in [3.8, 4) is 22.1 Å². The fraction of sp³-hybridized carbons (Fsp3) is 0.471. The number of carbonyl (C=O) groups is 1. The van der Waals surface area contributed by atoms with E-state index in [-0.39, 0.29) is 12.7 Å². The number of fused-ring (bicyclic) bond motifs is 1. The summed E-state index contributed by atoms with van der Waals surface area (Å²) in [6.45, 7) is 5.14. The molecule has 2 aliphatic heterocycles. The zero-order chi connectivity index (χ0) is 17.9. The number of nitrogens with zero attached hydrogens (tertiary/aromatic N) is 4. The Balaban J connectivity index is 1.31. The van der Waals surface area contributed by atoms with E-state index in [1.54, 1.807) is 0 Å². The van der Waals surface area contributed by atoms with Crippen molar-refractivity contribution in [2.24, 2.45) is 0 Å². The topological polar surface area (TPSA) is 79.8 Å². The smallest absolute Gasteiger partial charge is 0.231 e. The monoisotopic (exact) mass is 375 g/mol. The van der Waals surface area contributed by atoms with Crippen LogP contribution in [0.4, 0.5) is 5.13 Å².